The van der Waals surface area contributed by atoms with Crippen molar-refractivity contribution in [1.29, 1.82) is 0 Å². The zero-order valence-corrected chi connectivity index (χ0v) is 20.9. The molecule has 0 aromatic heterocycles. The van der Waals surface area contributed by atoms with Crippen molar-refractivity contribution in [3.05, 3.63) is 47.1 Å². The predicted octanol–water partition coefficient (Wildman–Crippen LogP) is 5.62. The molecular formula is C27H42O3S. The summed E-state index contributed by atoms with van der Waals surface area (Å²) in [6.07, 6.45) is 12.2. The monoisotopic (exact) mass is 446 g/mol. The van der Waals surface area contributed by atoms with Crippen molar-refractivity contribution in [2.45, 2.75) is 96.5 Å². The second kappa shape index (κ2) is 9.49. The minimum atomic E-state index is -0.799. The third kappa shape index (κ3) is 5.34. The van der Waals surface area contributed by atoms with E-state index in [-0.39, 0.29) is 10.2 Å². The van der Waals surface area contributed by atoms with Gasteiger partial charge in [0, 0.05) is 27.7 Å². The molecule has 3 nitrogen and oxygen atoms in total. The molecule has 4 heteroatoms. The normalized spacial score (nSPS) is 36.4. The first-order valence-electron chi connectivity index (χ1n) is 12.0. The van der Waals surface area contributed by atoms with Crippen LogP contribution < -0.4 is 0 Å². The molecule has 0 heterocycles. The van der Waals surface area contributed by atoms with Crippen LogP contribution in [0, 0.1) is 17.3 Å². The highest BCUT2D eigenvalue weighted by molar-refractivity contribution is 7.86. The fraction of sp³-hybridized carbons (Fsp3) is 0.704. The molecule has 0 radical (unpaired) electrons. The smallest absolute Gasteiger partial charge is 0.0811 e. The highest BCUT2D eigenvalue weighted by atomic mass is 32.2. The molecule has 0 aromatic carbocycles. The number of allylic oxidation sites excluding steroid dienone is 5. The summed E-state index contributed by atoms with van der Waals surface area (Å²) in [5.41, 5.74) is 4.98. The first-order valence-corrected chi connectivity index (χ1v) is 13.3. The highest BCUT2D eigenvalue weighted by Gasteiger charge is 2.46. The molecule has 2 fully saturated rings. The Kier molecular flexibility index (Phi) is 7.55. The van der Waals surface area contributed by atoms with Gasteiger partial charge in [-0.15, -0.1) is 0 Å². The van der Waals surface area contributed by atoms with Gasteiger partial charge >= 0.3 is 0 Å². The second-order valence-corrected chi connectivity index (χ2v) is 13.5. The number of hydrogen-bond donors (Lipinski definition) is 2. The highest BCUT2D eigenvalue weighted by Crippen LogP contribution is 2.57. The number of hydrogen-bond acceptors (Lipinski definition) is 3. The third-order valence-corrected chi connectivity index (χ3v) is 9.80. The standard InChI is InChI=1S/C27H42O3S/c1-18(13-15-31(30)26(3,4)5)23-11-12-24-20(8-7-14-27(23,24)6)9-10-21-16-22(28)17-25(29)19(21)2/h9-11,18,22,24-25,28-29H,2,7-8,12-17H2,1,3-6H3/t18-,22?,24+,25?,27-,31?/m1/s1. The molecule has 3 aliphatic carbocycles. The number of aliphatic hydroxyl groups is 2. The molecule has 2 saturated carbocycles. The van der Waals surface area contributed by atoms with Gasteiger partial charge in [0.25, 0.3) is 0 Å². The lowest BCUT2D eigenvalue weighted by Crippen LogP contribution is -2.33. The number of rotatable bonds is 5. The van der Waals surface area contributed by atoms with E-state index in [0.29, 0.717) is 24.7 Å². The maximum Gasteiger partial charge on any atom is 0.0811 e. The van der Waals surface area contributed by atoms with Crippen LogP contribution in [0.5, 0.6) is 0 Å². The lowest BCUT2D eigenvalue weighted by Gasteiger charge is -2.42. The van der Waals surface area contributed by atoms with Crippen LogP contribution in [0.4, 0.5) is 0 Å². The average molecular weight is 447 g/mol. The third-order valence-electron chi connectivity index (χ3n) is 7.83. The molecule has 0 spiro atoms. The van der Waals surface area contributed by atoms with Gasteiger partial charge in [0.1, 0.15) is 0 Å². The first-order chi connectivity index (χ1) is 14.4. The molecule has 0 saturated heterocycles. The minimum absolute atomic E-state index is 0.144. The minimum Gasteiger partial charge on any atom is -0.393 e. The fourth-order valence-electron chi connectivity index (χ4n) is 5.83. The summed E-state index contributed by atoms with van der Waals surface area (Å²) in [5.74, 6) is 1.75. The van der Waals surface area contributed by atoms with E-state index in [1.165, 1.54) is 18.4 Å². The van der Waals surface area contributed by atoms with Crippen molar-refractivity contribution in [2.24, 2.45) is 17.3 Å². The van der Waals surface area contributed by atoms with Crippen LogP contribution in [0.1, 0.15) is 79.6 Å². The molecular weight excluding hydrogens is 404 g/mol. The van der Waals surface area contributed by atoms with Crippen LogP contribution >= 0.6 is 0 Å². The Balaban J connectivity index is 1.73. The van der Waals surface area contributed by atoms with Crippen LogP contribution in [0.3, 0.4) is 0 Å². The van der Waals surface area contributed by atoms with Crippen molar-refractivity contribution in [3.8, 4) is 0 Å². The van der Waals surface area contributed by atoms with Gasteiger partial charge in [-0.1, -0.05) is 49.8 Å². The van der Waals surface area contributed by atoms with E-state index in [2.05, 4.69) is 59.4 Å². The average Bonchev–Trinajstić information content (AvgIpc) is 3.04. The van der Waals surface area contributed by atoms with Crippen LogP contribution in [-0.4, -0.2) is 37.1 Å². The molecule has 3 unspecified atom stereocenters. The second-order valence-electron chi connectivity index (χ2n) is 11.1. The molecule has 31 heavy (non-hydrogen) atoms. The van der Waals surface area contributed by atoms with Gasteiger partial charge < -0.3 is 10.2 Å². The largest absolute Gasteiger partial charge is 0.393 e. The summed E-state index contributed by atoms with van der Waals surface area (Å²) in [6.45, 7) is 15.0. The fourth-order valence-corrected chi connectivity index (χ4v) is 7.01. The zero-order valence-electron chi connectivity index (χ0n) is 20.1. The SMILES string of the molecule is C=C1C(=CC=C2CCC[C@]3(C)C([C@H](C)CCS(=O)C(C)(C)C)=CC[C@@H]23)CC(O)CC1O. The molecule has 6 atom stereocenters. The summed E-state index contributed by atoms with van der Waals surface area (Å²) in [7, 11) is -0.799. The Hall–Kier alpha value is -0.970. The molecule has 2 N–H and O–H groups in total. The first kappa shape index (κ1) is 24.7. The molecule has 0 aliphatic heterocycles. The van der Waals surface area contributed by atoms with E-state index in [4.69, 9.17) is 0 Å². The summed E-state index contributed by atoms with van der Waals surface area (Å²) < 4.78 is 12.4. The van der Waals surface area contributed by atoms with Gasteiger partial charge in [0.15, 0.2) is 0 Å². The number of aliphatic hydroxyl groups excluding tert-OH is 2. The summed E-state index contributed by atoms with van der Waals surface area (Å²) in [4.78, 5) is 0. The molecule has 174 valence electrons. The van der Waals surface area contributed by atoms with E-state index in [1.807, 2.05) is 0 Å². The Morgan fingerprint density at radius 1 is 1.32 bits per heavy atom. The molecule has 0 aromatic rings. The van der Waals surface area contributed by atoms with Gasteiger partial charge in [0.2, 0.25) is 0 Å². The van der Waals surface area contributed by atoms with Gasteiger partial charge in [-0.3, -0.25) is 4.21 Å². The lowest BCUT2D eigenvalue weighted by atomic mass is 9.62. The van der Waals surface area contributed by atoms with Crippen LogP contribution in [0.25, 0.3) is 0 Å². The Morgan fingerprint density at radius 2 is 2.03 bits per heavy atom. The van der Waals surface area contributed by atoms with Gasteiger partial charge in [-0.05, 0) is 87.7 Å². The Labute approximate surface area is 191 Å². The van der Waals surface area contributed by atoms with E-state index in [0.717, 1.165) is 36.2 Å². The number of fused-ring (bicyclic) bond motifs is 1. The molecule has 0 amide bonds. The molecule has 3 aliphatic rings. The van der Waals surface area contributed by atoms with E-state index in [9.17, 15) is 14.4 Å². The summed E-state index contributed by atoms with van der Waals surface area (Å²) in [5, 5.41) is 20.2. The van der Waals surface area contributed by atoms with Gasteiger partial charge in [-0.2, -0.15) is 0 Å². The van der Waals surface area contributed by atoms with Crippen LogP contribution in [-0.2, 0) is 10.8 Å². The Morgan fingerprint density at radius 3 is 2.71 bits per heavy atom. The van der Waals surface area contributed by atoms with E-state index in [1.54, 1.807) is 5.57 Å². The molecule has 0 bridgehead atoms. The van der Waals surface area contributed by atoms with Crippen molar-refractivity contribution in [3.63, 3.8) is 0 Å². The van der Waals surface area contributed by atoms with Gasteiger partial charge in [0.05, 0.1) is 12.2 Å². The van der Waals surface area contributed by atoms with Crippen molar-refractivity contribution in [1.82, 2.24) is 0 Å². The summed E-state index contributed by atoms with van der Waals surface area (Å²) in [6, 6.07) is 0. The van der Waals surface area contributed by atoms with Crippen molar-refractivity contribution in [2.75, 3.05) is 5.75 Å². The van der Waals surface area contributed by atoms with Crippen molar-refractivity contribution < 1.29 is 14.4 Å². The van der Waals surface area contributed by atoms with Crippen LogP contribution in [0.2, 0.25) is 0 Å². The van der Waals surface area contributed by atoms with E-state index >= 15 is 0 Å². The maximum absolute atomic E-state index is 12.5. The van der Waals surface area contributed by atoms with Crippen molar-refractivity contribution >= 4 is 10.8 Å². The van der Waals surface area contributed by atoms with Gasteiger partial charge in [-0.25, -0.2) is 0 Å². The molecule has 3 rings (SSSR count). The zero-order chi connectivity index (χ0) is 23.0. The van der Waals surface area contributed by atoms with Crippen LogP contribution in [0.15, 0.2) is 47.1 Å². The summed E-state index contributed by atoms with van der Waals surface area (Å²) >= 11 is 0. The lowest BCUT2D eigenvalue weighted by molar-refractivity contribution is 0.0862. The maximum atomic E-state index is 12.5. The topological polar surface area (TPSA) is 57.5 Å². The Bertz CT molecular complexity index is 813. The quantitative estimate of drug-likeness (QED) is 0.539. The van der Waals surface area contributed by atoms with E-state index < -0.39 is 23.0 Å². The predicted molar refractivity (Wildman–Crippen MR) is 131 cm³/mol.